The molecule has 0 spiro atoms. The largest absolute Gasteiger partial charge is 0.465 e. The lowest BCUT2D eigenvalue weighted by Gasteiger charge is -2.23. The Balaban J connectivity index is 3.33. The van der Waals surface area contributed by atoms with Crippen molar-refractivity contribution in [3.8, 4) is 0 Å². The topological polar surface area (TPSA) is 90.0 Å². The number of carbonyl (C=O) groups is 2. The van der Waals surface area contributed by atoms with Gasteiger partial charge in [-0.2, -0.15) is 4.31 Å². The fourth-order valence-corrected chi connectivity index (χ4v) is 4.14. The van der Waals surface area contributed by atoms with E-state index in [9.17, 15) is 18.0 Å². The second-order valence-electron chi connectivity index (χ2n) is 5.63. The molecule has 0 aliphatic heterocycles. The fraction of sp³-hybridized carbons (Fsp3) is 0.500. The Hall–Kier alpha value is -1.64. The Bertz CT molecular complexity index is 732. The molecule has 1 rings (SSSR count). The quantitative estimate of drug-likeness (QED) is 0.632. The number of sulfonamides is 1. The van der Waals surface area contributed by atoms with Crippen LogP contribution in [0.5, 0.6) is 0 Å². The monoisotopic (exact) mass is 391 g/mol. The third kappa shape index (κ3) is 5.69. The number of methoxy groups -OCH3 is 1. The Morgan fingerprint density at radius 3 is 2.44 bits per heavy atom. The van der Waals surface area contributed by atoms with E-state index in [2.05, 4.69) is 4.74 Å². The van der Waals surface area contributed by atoms with E-state index in [1.807, 2.05) is 13.8 Å². The van der Waals surface area contributed by atoms with Gasteiger partial charge in [-0.3, -0.25) is 4.79 Å². The van der Waals surface area contributed by atoms with Crippen molar-refractivity contribution in [2.75, 3.05) is 26.8 Å². The summed E-state index contributed by atoms with van der Waals surface area (Å²) in [7, 11) is -2.92. The molecular formula is C16H22ClNO6S. The standard InChI is InChI=1S/C16H22ClNO6S/c1-5-24-15(19)10-18(9-11(2)3)25(21,22)14-8-12(16(20)23-4)6-7-13(14)17/h6-8,11H,5,9-10H2,1-4H3. The molecule has 0 bridgehead atoms. The molecule has 1 aromatic carbocycles. The second-order valence-corrected chi connectivity index (χ2v) is 7.95. The predicted octanol–water partition coefficient (Wildman–Crippen LogP) is 2.34. The van der Waals surface area contributed by atoms with Crippen LogP contribution < -0.4 is 0 Å². The molecule has 7 nitrogen and oxygen atoms in total. The maximum absolute atomic E-state index is 13.0. The number of nitrogens with zero attached hydrogens (tertiary/aromatic N) is 1. The molecule has 0 fully saturated rings. The number of rotatable bonds is 8. The summed E-state index contributed by atoms with van der Waals surface area (Å²) < 4.78 is 36.4. The van der Waals surface area contributed by atoms with Gasteiger partial charge in [-0.05, 0) is 31.0 Å². The van der Waals surface area contributed by atoms with Crippen molar-refractivity contribution >= 4 is 33.6 Å². The minimum atomic E-state index is -4.11. The number of halogens is 1. The van der Waals surface area contributed by atoms with Gasteiger partial charge in [0, 0.05) is 6.54 Å². The highest BCUT2D eigenvalue weighted by Gasteiger charge is 2.30. The molecule has 0 heterocycles. The number of hydrogen-bond donors (Lipinski definition) is 0. The van der Waals surface area contributed by atoms with Crippen LogP contribution in [0.2, 0.25) is 5.02 Å². The van der Waals surface area contributed by atoms with Crippen LogP contribution in [-0.4, -0.2) is 51.5 Å². The molecule has 0 unspecified atom stereocenters. The Kier molecular flexibility index (Phi) is 7.85. The highest BCUT2D eigenvalue weighted by molar-refractivity contribution is 7.89. The smallest absolute Gasteiger partial charge is 0.337 e. The Morgan fingerprint density at radius 1 is 1.28 bits per heavy atom. The van der Waals surface area contributed by atoms with Gasteiger partial charge < -0.3 is 9.47 Å². The summed E-state index contributed by atoms with van der Waals surface area (Å²) in [4.78, 5) is 23.2. The van der Waals surface area contributed by atoms with Crippen LogP contribution in [-0.2, 0) is 24.3 Å². The molecule has 25 heavy (non-hydrogen) atoms. The van der Waals surface area contributed by atoms with E-state index in [-0.39, 0.29) is 34.6 Å². The molecule has 0 atom stereocenters. The van der Waals surface area contributed by atoms with Crippen molar-refractivity contribution in [2.24, 2.45) is 5.92 Å². The Morgan fingerprint density at radius 2 is 1.92 bits per heavy atom. The number of benzene rings is 1. The molecule has 0 radical (unpaired) electrons. The van der Waals surface area contributed by atoms with Crippen molar-refractivity contribution in [3.63, 3.8) is 0 Å². The van der Waals surface area contributed by atoms with E-state index in [0.29, 0.717) is 0 Å². The zero-order valence-corrected chi connectivity index (χ0v) is 16.2. The summed E-state index contributed by atoms with van der Waals surface area (Å²) in [6.07, 6.45) is 0. The molecule has 140 valence electrons. The molecule has 0 aromatic heterocycles. The first-order chi connectivity index (χ1) is 11.6. The number of carbonyl (C=O) groups excluding carboxylic acids is 2. The van der Waals surface area contributed by atoms with Gasteiger partial charge in [0.1, 0.15) is 11.4 Å². The summed E-state index contributed by atoms with van der Waals surface area (Å²) in [6.45, 7) is 5.08. The molecule has 0 aliphatic carbocycles. The molecular weight excluding hydrogens is 370 g/mol. The summed E-state index contributed by atoms with van der Waals surface area (Å²) in [5.41, 5.74) is 0.0473. The van der Waals surface area contributed by atoms with Gasteiger partial charge in [0.25, 0.3) is 0 Å². The minimum Gasteiger partial charge on any atom is -0.465 e. The zero-order valence-electron chi connectivity index (χ0n) is 14.6. The maximum atomic E-state index is 13.0. The first-order valence-corrected chi connectivity index (χ1v) is 9.48. The van der Waals surface area contributed by atoms with Gasteiger partial charge in [-0.15, -0.1) is 0 Å². The van der Waals surface area contributed by atoms with E-state index >= 15 is 0 Å². The number of hydrogen-bond acceptors (Lipinski definition) is 6. The van der Waals surface area contributed by atoms with Crippen molar-refractivity contribution in [2.45, 2.75) is 25.7 Å². The third-order valence-corrected chi connectivity index (χ3v) is 5.44. The normalized spacial score (nSPS) is 11.6. The first kappa shape index (κ1) is 21.4. The maximum Gasteiger partial charge on any atom is 0.337 e. The second kappa shape index (κ2) is 9.17. The van der Waals surface area contributed by atoms with Crippen LogP contribution in [0.3, 0.4) is 0 Å². The molecule has 0 saturated carbocycles. The van der Waals surface area contributed by atoms with Crippen molar-refractivity contribution in [1.82, 2.24) is 4.31 Å². The number of ether oxygens (including phenoxy) is 2. The van der Waals surface area contributed by atoms with Crippen LogP contribution >= 0.6 is 11.6 Å². The summed E-state index contributed by atoms with van der Waals surface area (Å²) >= 11 is 6.03. The van der Waals surface area contributed by atoms with Crippen LogP contribution in [0, 0.1) is 5.92 Å². The highest BCUT2D eigenvalue weighted by atomic mass is 35.5. The molecule has 0 saturated heterocycles. The van der Waals surface area contributed by atoms with Gasteiger partial charge in [0.15, 0.2) is 0 Å². The molecule has 0 amide bonds. The van der Waals surface area contributed by atoms with Gasteiger partial charge in [0.05, 0.1) is 24.3 Å². The van der Waals surface area contributed by atoms with E-state index in [1.165, 1.54) is 19.2 Å². The molecule has 0 aliphatic rings. The summed E-state index contributed by atoms with van der Waals surface area (Å²) in [5.74, 6) is -1.38. The SMILES string of the molecule is CCOC(=O)CN(CC(C)C)S(=O)(=O)c1cc(C(=O)OC)ccc1Cl. The van der Waals surface area contributed by atoms with E-state index < -0.39 is 28.5 Å². The van der Waals surface area contributed by atoms with Crippen LogP contribution in [0.25, 0.3) is 0 Å². The van der Waals surface area contributed by atoms with Crippen LogP contribution in [0.1, 0.15) is 31.1 Å². The van der Waals surface area contributed by atoms with Crippen molar-refractivity contribution < 1.29 is 27.5 Å². The lowest BCUT2D eigenvalue weighted by Crippen LogP contribution is -2.39. The van der Waals surface area contributed by atoms with E-state index in [1.54, 1.807) is 6.92 Å². The van der Waals surface area contributed by atoms with Crippen LogP contribution in [0.4, 0.5) is 0 Å². The number of esters is 2. The van der Waals surface area contributed by atoms with Crippen LogP contribution in [0.15, 0.2) is 23.1 Å². The summed E-state index contributed by atoms with van der Waals surface area (Å²) in [6, 6.07) is 3.81. The predicted molar refractivity (Wildman–Crippen MR) is 93.0 cm³/mol. The lowest BCUT2D eigenvalue weighted by atomic mass is 10.2. The van der Waals surface area contributed by atoms with E-state index in [4.69, 9.17) is 16.3 Å². The third-order valence-electron chi connectivity index (χ3n) is 3.15. The highest BCUT2D eigenvalue weighted by Crippen LogP contribution is 2.27. The molecule has 9 heteroatoms. The van der Waals surface area contributed by atoms with Crippen molar-refractivity contribution in [1.29, 1.82) is 0 Å². The first-order valence-electron chi connectivity index (χ1n) is 7.67. The minimum absolute atomic E-state index is 0.0354. The average Bonchev–Trinajstić information content (AvgIpc) is 2.53. The van der Waals surface area contributed by atoms with Gasteiger partial charge in [-0.1, -0.05) is 25.4 Å². The average molecular weight is 392 g/mol. The fourth-order valence-electron chi connectivity index (χ4n) is 2.09. The van der Waals surface area contributed by atoms with Gasteiger partial charge >= 0.3 is 11.9 Å². The van der Waals surface area contributed by atoms with Gasteiger partial charge in [0.2, 0.25) is 10.0 Å². The Labute approximate surface area is 152 Å². The summed E-state index contributed by atoms with van der Waals surface area (Å²) in [5, 5.41) is -0.0507. The van der Waals surface area contributed by atoms with E-state index in [0.717, 1.165) is 10.4 Å². The van der Waals surface area contributed by atoms with Gasteiger partial charge in [-0.25, -0.2) is 13.2 Å². The zero-order chi connectivity index (χ0) is 19.2. The lowest BCUT2D eigenvalue weighted by molar-refractivity contribution is -0.143. The molecule has 1 aromatic rings. The molecule has 0 N–H and O–H groups in total. The van der Waals surface area contributed by atoms with Crippen molar-refractivity contribution in [3.05, 3.63) is 28.8 Å².